The average Bonchev–Trinajstić information content (AvgIpc) is 2.84. The van der Waals surface area contributed by atoms with E-state index in [2.05, 4.69) is 20.9 Å². The van der Waals surface area contributed by atoms with Crippen molar-refractivity contribution < 1.29 is 4.39 Å². The number of nitrogens with two attached hydrogens (primary N) is 1. The van der Waals surface area contributed by atoms with E-state index >= 15 is 0 Å². The summed E-state index contributed by atoms with van der Waals surface area (Å²) in [4.78, 5) is 4.53. The van der Waals surface area contributed by atoms with E-state index in [1.165, 1.54) is 6.07 Å². The van der Waals surface area contributed by atoms with Gasteiger partial charge in [0.25, 0.3) is 0 Å². The molecule has 0 bridgehead atoms. The smallest absolute Gasteiger partial charge is 0.139 e. The van der Waals surface area contributed by atoms with Gasteiger partial charge in [-0.1, -0.05) is 18.2 Å². The van der Waals surface area contributed by atoms with Crippen molar-refractivity contribution in [3.8, 4) is 5.69 Å². The monoisotopic (exact) mass is 333 g/mol. The summed E-state index contributed by atoms with van der Waals surface area (Å²) in [5.74, 6) is 0.392. The van der Waals surface area contributed by atoms with Gasteiger partial charge < -0.3 is 5.73 Å². The molecule has 1 atom stereocenters. The number of nitrogens with zero attached hydrogens (tertiary/aromatic N) is 2. The third-order valence-corrected chi connectivity index (χ3v) is 3.91. The molecule has 0 aliphatic heterocycles. The molecule has 3 aromatic rings. The summed E-state index contributed by atoms with van der Waals surface area (Å²) in [6.07, 6.45) is 0. The van der Waals surface area contributed by atoms with Crippen molar-refractivity contribution in [1.82, 2.24) is 9.55 Å². The quantitative estimate of drug-likeness (QED) is 0.771. The highest BCUT2D eigenvalue weighted by Crippen LogP contribution is 2.31. The van der Waals surface area contributed by atoms with Crippen LogP contribution in [0, 0.1) is 5.82 Å². The number of aromatic nitrogens is 2. The average molecular weight is 334 g/mol. The van der Waals surface area contributed by atoms with Gasteiger partial charge in [0.1, 0.15) is 11.6 Å². The molecular weight excluding hydrogens is 321 g/mol. The van der Waals surface area contributed by atoms with Crippen molar-refractivity contribution in [3.05, 3.63) is 58.6 Å². The van der Waals surface area contributed by atoms with Crippen molar-refractivity contribution >= 4 is 27.0 Å². The second kappa shape index (κ2) is 5.00. The summed E-state index contributed by atoms with van der Waals surface area (Å²) >= 11 is 3.31. The Labute approximate surface area is 124 Å². The van der Waals surface area contributed by atoms with Gasteiger partial charge in [0.05, 0.1) is 21.5 Å². The molecule has 0 amide bonds. The Hall–Kier alpha value is -1.72. The van der Waals surface area contributed by atoms with E-state index in [1.807, 2.05) is 41.8 Å². The maximum atomic E-state index is 13.8. The first-order valence-corrected chi connectivity index (χ1v) is 7.06. The van der Waals surface area contributed by atoms with Crippen LogP contribution in [0.3, 0.4) is 0 Å². The Morgan fingerprint density at radius 1 is 1.20 bits per heavy atom. The molecule has 1 heterocycles. The van der Waals surface area contributed by atoms with Crippen LogP contribution in [0.2, 0.25) is 0 Å². The molecule has 102 valence electrons. The highest BCUT2D eigenvalue weighted by molar-refractivity contribution is 9.10. The first-order valence-electron chi connectivity index (χ1n) is 6.27. The molecule has 1 aromatic heterocycles. The fraction of sp³-hybridized carbons (Fsp3) is 0.133. The predicted molar refractivity (Wildman–Crippen MR) is 81.3 cm³/mol. The zero-order valence-electron chi connectivity index (χ0n) is 10.8. The Morgan fingerprint density at radius 3 is 2.55 bits per heavy atom. The van der Waals surface area contributed by atoms with Gasteiger partial charge in [-0.2, -0.15) is 0 Å². The lowest BCUT2D eigenvalue weighted by atomic mass is 10.2. The SMILES string of the molecule is CC(N)c1nc2ccc(F)c(Br)c2n1-c1ccccc1. The van der Waals surface area contributed by atoms with E-state index in [-0.39, 0.29) is 11.9 Å². The van der Waals surface area contributed by atoms with Crippen molar-refractivity contribution in [2.24, 2.45) is 5.73 Å². The van der Waals surface area contributed by atoms with Gasteiger partial charge in [0.15, 0.2) is 0 Å². The molecule has 0 saturated heterocycles. The molecular formula is C15H13BrFN3. The molecule has 0 aliphatic carbocycles. The first kappa shape index (κ1) is 13.3. The van der Waals surface area contributed by atoms with E-state index in [9.17, 15) is 4.39 Å². The summed E-state index contributed by atoms with van der Waals surface area (Å²) in [6.45, 7) is 1.87. The van der Waals surface area contributed by atoms with Crippen LogP contribution in [-0.4, -0.2) is 9.55 Å². The van der Waals surface area contributed by atoms with Gasteiger partial charge in [-0.15, -0.1) is 0 Å². The van der Waals surface area contributed by atoms with E-state index in [1.54, 1.807) is 6.07 Å². The molecule has 0 aliphatic rings. The summed E-state index contributed by atoms with van der Waals surface area (Å²) in [6, 6.07) is 12.5. The predicted octanol–water partition coefficient (Wildman–Crippen LogP) is 3.95. The standard InChI is InChI=1S/C15H13BrFN3/c1-9(18)15-19-12-8-7-11(17)13(16)14(12)20(15)10-5-3-2-4-6-10/h2-9H,18H2,1H3. The van der Waals surface area contributed by atoms with Gasteiger partial charge in [-0.25, -0.2) is 9.37 Å². The summed E-state index contributed by atoms with van der Waals surface area (Å²) < 4.78 is 16.1. The van der Waals surface area contributed by atoms with E-state index < -0.39 is 0 Å². The van der Waals surface area contributed by atoms with Gasteiger partial charge in [-0.3, -0.25) is 4.57 Å². The van der Waals surface area contributed by atoms with Crippen LogP contribution in [0.1, 0.15) is 18.8 Å². The fourth-order valence-electron chi connectivity index (χ4n) is 2.26. The molecule has 20 heavy (non-hydrogen) atoms. The van der Waals surface area contributed by atoms with E-state index in [0.717, 1.165) is 11.2 Å². The van der Waals surface area contributed by atoms with Crippen LogP contribution in [0.15, 0.2) is 46.9 Å². The Balaban J connectivity index is 2.43. The van der Waals surface area contributed by atoms with Crippen molar-refractivity contribution in [1.29, 1.82) is 0 Å². The third-order valence-electron chi connectivity index (χ3n) is 3.16. The number of halogens is 2. The molecule has 0 fully saturated rings. The Kier molecular flexibility index (Phi) is 3.31. The van der Waals surface area contributed by atoms with Crippen LogP contribution in [0.5, 0.6) is 0 Å². The molecule has 0 radical (unpaired) electrons. The minimum atomic E-state index is -0.314. The van der Waals surface area contributed by atoms with Crippen molar-refractivity contribution in [2.45, 2.75) is 13.0 Å². The highest BCUT2D eigenvalue weighted by atomic mass is 79.9. The van der Waals surface area contributed by atoms with Crippen molar-refractivity contribution in [2.75, 3.05) is 0 Å². The number of fused-ring (bicyclic) bond motifs is 1. The third kappa shape index (κ3) is 2.03. The molecule has 5 heteroatoms. The van der Waals surface area contributed by atoms with Gasteiger partial charge in [-0.05, 0) is 47.1 Å². The van der Waals surface area contributed by atoms with E-state index in [4.69, 9.17) is 5.73 Å². The van der Waals surface area contributed by atoms with Gasteiger partial charge in [0, 0.05) is 5.69 Å². The zero-order chi connectivity index (χ0) is 14.3. The molecule has 3 nitrogen and oxygen atoms in total. The first-order chi connectivity index (χ1) is 9.59. The Morgan fingerprint density at radius 2 is 1.90 bits per heavy atom. The summed E-state index contributed by atoms with van der Waals surface area (Å²) in [5.41, 5.74) is 8.34. The minimum Gasteiger partial charge on any atom is -0.322 e. The van der Waals surface area contributed by atoms with Crippen LogP contribution in [-0.2, 0) is 0 Å². The number of para-hydroxylation sites is 1. The maximum absolute atomic E-state index is 13.8. The molecule has 2 N–H and O–H groups in total. The number of benzene rings is 2. The van der Waals surface area contributed by atoms with Crippen LogP contribution >= 0.6 is 15.9 Å². The lowest BCUT2D eigenvalue weighted by Crippen LogP contribution is -2.12. The van der Waals surface area contributed by atoms with Crippen LogP contribution in [0.4, 0.5) is 4.39 Å². The lowest BCUT2D eigenvalue weighted by Gasteiger charge is -2.12. The fourth-order valence-corrected chi connectivity index (χ4v) is 2.78. The highest BCUT2D eigenvalue weighted by Gasteiger charge is 2.19. The Bertz CT molecular complexity index is 766. The zero-order valence-corrected chi connectivity index (χ0v) is 12.4. The maximum Gasteiger partial charge on any atom is 0.139 e. The van der Waals surface area contributed by atoms with Crippen LogP contribution < -0.4 is 5.73 Å². The molecule has 1 unspecified atom stereocenters. The number of rotatable bonds is 2. The minimum absolute atomic E-state index is 0.252. The molecule has 2 aromatic carbocycles. The van der Waals surface area contributed by atoms with Gasteiger partial charge in [0.2, 0.25) is 0 Å². The van der Waals surface area contributed by atoms with E-state index in [0.29, 0.717) is 15.8 Å². The number of hydrogen-bond donors (Lipinski definition) is 1. The molecule has 3 rings (SSSR count). The summed E-state index contributed by atoms with van der Waals surface area (Å²) in [5, 5.41) is 0. The normalized spacial score (nSPS) is 12.8. The van der Waals surface area contributed by atoms with Gasteiger partial charge >= 0.3 is 0 Å². The number of hydrogen-bond acceptors (Lipinski definition) is 2. The largest absolute Gasteiger partial charge is 0.322 e. The second-order valence-electron chi connectivity index (χ2n) is 4.66. The second-order valence-corrected chi connectivity index (χ2v) is 5.45. The summed E-state index contributed by atoms with van der Waals surface area (Å²) in [7, 11) is 0. The van der Waals surface area contributed by atoms with Crippen molar-refractivity contribution in [3.63, 3.8) is 0 Å². The topological polar surface area (TPSA) is 43.8 Å². The number of imidazole rings is 1. The lowest BCUT2D eigenvalue weighted by molar-refractivity contribution is 0.622. The molecule has 0 saturated carbocycles. The van der Waals surface area contributed by atoms with Crippen LogP contribution in [0.25, 0.3) is 16.7 Å². The molecule has 0 spiro atoms.